The lowest BCUT2D eigenvalue weighted by Gasteiger charge is -2.20. The Morgan fingerprint density at radius 3 is 2.19 bits per heavy atom. The molecule has 1 aromatic heterocycles. The third kappa shape index (κ3) is 4.83. The lowest BCUT2D eigenvalue weighted by molar-refractivity contribution is -0.0900. The molecule has 0 bridgehead atoms. The molecule has 0 radical (unpaired) electrons. The number of benzene rings is 2. The average Bonchev–Trinajstić information content (AvgIpc) is 3.13. The van der Waals surface area contributed by atoms with Crippen LogP contribution in [0.15, 0.2) is 53.4 Å². The zero-order valence-electron chi connectivity index (χ0n) is 17.0. The number of halogens is 4. The fourth-order valence-corrected chi connectivity index (χ4v) is 3.63. The van der Waals surface area contributed by atoms with E-state index in [9.17, 15) is 22.4 Å². The summed E-state index contributed by atoms with van der Waals surface area (Å²) in [6, 6.07) is 12.3. The van der Waals surface area contributed by atoms with Gasteiger partial charge in [0, 0.05) is 22.6 Å². The number of thioether (sulfide) groups is 1. The van der Waals surface area contributed by atoms with Gasteiger partial charge in [-0.2, -0.15) is 13.2 Å². The lowest BCUT2D eigenvalue weighted by atomic mass is 10.0. The van der Waals surface area contributed by atoms with E-state index >= 15 is 0 Å². The minimum absolute atomic E-state index is 0.135. The second-order valence-corrected chi connectivity index (χ2v) is 7.50. The lowest BCUT2D eigenvalue weighted by Crippen LogP contribution is -2.28. The second-order valence-electron chi connectivity index (χ2n) is 6.62. The Bertz CT molecular complexity index is 1060. The maximum atomic E-state index is 13.5. The van der Waals surface area contributed by atoms with Crippen molar-refractivity contribution in [3.05, 3.63) is 60.2 Å². The first-order valence-electron chi connectivity index (χ1n) is 9.43. The molecular weight excluding hydrogens is 432 g/mol. The first-order valence-corrected chi connectivity index (χ1v) is 10.7. The molecule has 164 valence electrons. The number of aromatic nitrogens is 2. The maximum Gasteiger partial charge on any atom is 0.458 e. The van der Waals surface area contributed by atoms with Crippen molar-refractivity contribution in [2.75, 3.05) is 12.9 Å². The third-order valence-corrected chi connectivity index (χ3v) is 5.37. The van der Waals surface area contributed by atoms with Crippen molar-refractivity contribution < 1.29 is 27.1 Å². The van der Waals surface area contributed by atoms with Crippen LogP contribution in [-0.2, 0) is 4.74 Å². The van der Waals surface area contributed by atoms with Gasteiger partial charge in [-0.3, -0.25) is 9.36 Å². The number of rotatable bonds is 7. The Kier molecular flexibility index (Phi) is 6.86. The average molecular weight is 452 g/mol. The summed E-state index contributed by atoms with van der Waals surface area (Å²) >= 11 is 1.52. The topological polar surface area (TPSA) is 44.1 Å². The fraction of sp³-hybridized carbons (Fsp3) is 0.273. The molecule has 3 aromatic rings. The number of ketones is 1. The summed E-state index contributed by atoms with van der Waals surface area (Å²) in [5.41, 5.74) is 1.35. The molecule has 0 aliphatic rings. The van der Waals surface area contributed by atoms with Crippen molar-refractivity contribution in [2.45, 2.75) is 31.1 Å². The molecule has 0 saturated heterocycles. The molecule has 1 heterocycles. The number of ether oxygens (including phenoxy) is 1. The van der Waals surface area contributed by atoms with Crippen LogP contribution < -0.4 is 0 Å². The van der Waals surface area contributed by atoms with Gasteiger partial charge < -0.3 is 4.74 Å². The van der Waals surface area contributed by atoms with Gasteiger partial charge in [0.2, 0.25) is 0 Å². The smallest absolute Gasteiger partial charge is 0.359 e. The minimum atomic E-state index is -5.12. The SMILES string of the molecule is CCOC(C)n1c(C(=O)C(F)(F)F)nc(-c2ccc(F)cc2)c1-c1ccc(SC)cc1. The molecule has 0 aliphatic carbocycles. The van der Waals surface area contributed by atoms with Gasteiger partial charge in [0.25, 0.3) is 0 Å². The van der Waals surface area contributed by atoms with Crippen LogP contribution in [0.5, 0.6) is 0 Å². The summed E-state index contributed by atoms with van der Waals surface area (Å²) < 4.78 is 60.3. The summed E-state index contributed by atoms with van der Waals surface area (Å²) in [6.07, 6.45) is -4.11. The van der Waals surface area contributed by atoms with Crippen LogP contribution in [-0.4, -0.2) is 34.4 Å². The number of alkyl halides is 3. The van der Waals surface area contributed by atoms with Gasteiger partial charge in [-0.15, -0.1) is 11.8 Å². The minimum Gasteiger partial charge on any atom is -0.359 e. The van der Waals surface area contributed by atoms with Crippen molar-refractivity contribution in [3.8, 4) is 22.5 Å². The van der Waals surface area contributed by atoms with E-state index in [1.807, 2.05) is 18.4 Å². The number of Topliss-reactive ketones (excluding diaryl/α,β-unsaturated/α-hetero) is 1. The number of nitrogens with zero attached hydrogens (tertiary/aromatic N) is 2. The van der Waals surface area contributed by atoms with Crippen LogP contribution >= 0.6 is 11.8 Å². The monoisotopic (exact) mass is 452 g/mol. The molecule has 3 rings (SSSR count). The maximum absolute atomic E-state index is 13.5. The molecule has 0 N–H and O–H groups in total. The van der Waals surface area contributed by atoms with E-state index in [0.29, 0.717) is 11.1 Å². The van der Waals surface area contributed by atoms with Gasteiger partial charge in [-0.25, -0.2) is 9.37 Å². The Labute approximate surface area is 181 Å². The summed E-state index contributed by atoms with van der Waals surface area (Å²) in [5.74, 6) is -3.35. The standard InChI is InChI=1S/C22H20F4N2O2S/c1-4-30-13(2)28-19(15-7-11-17(31-3)12-8-15)18(14-5-9-16(23)10-6-14)27-21(28)20(29)22(24,25)26/h5-13H,4H2,1-3H3. The Morgan fingerprint density at radius 1 is 1.10 bits per heavy atom. The van der Waals surface area contributed by atoms with Gasteiger partial charge in [0.1, 0.15) is 12.0 Å². The quantitative estimate of drug-likeness (QED) is 0.237. The van der Waals surface area contributed by atoms with E-state index < -0.39 is 29.8 Å². The molecule has 4 nitrogen and oxygen atoms in total. The van der Waals surface area contributed by atoms with Gasteiger partial charge in [-0.05, 0) is 56.5 Å². The van der Waals surface area contributed by atoms with Crippen LogP contribution in [0, 0.1) is 5.82 Å². The molecule has 0 amide bonds. The largest absolute Gasteiger partial charge is 0.458 e. The van der Waals surface area contributed by atoms with Gasteiger partial charge >= 0.3 is 12.0 Å². The first-order chi connectivity index (χ1) is 14.7. The predicted octanol–water partition coefficient (Wildman–Crippen LogP) is 6.38. The molecular formula is C22H20F4N2O2S. The van der Waals surface area contributed by atoms with Crippen LogP contribution in [0.4, 0.5) is 17.6 Å². The molecule has 0 aliphatic heterocycles. The van der Waals surface area contributed by atoms with E-state index in [1.54, 1.807) is 26.0 Å². The van der Waals surface area contributed by atoms with E-state index in [0.717, 1.165) is 9.46 Å². The van der Waals surface area contributed by atoms with Gasteiger partial charge in [-0.1, -0.05) is 12.1 Å². The van der Waals surface area contributed by atoms with E-state index in [-0.39, 0.29) is 18.0 Å². The molecule has 2 aromatic carbocycles. The van der Waals surface area contributed by atoms with Crippen LogP contribution in [0.2, 0.25) is 0 Å². The number of hydrogen-bond acceptors (Lipinski definition) is 4. The Balaban J connectivity index is 2.35. The van der Waals surface area contributed by atoms with Crippen molar-refractivity contribution in [2.24, 2.45) is 0 Å². The highest BCUT2D eigenvalue weighted by molar-refractivity contribution is 7.98. The summed E-state index contributed by atoms with van der Waals surface area (Å²) in [6.45, 7) is 3.47. The Hall–Kier alpha value is -2.65. The fourth-order valence-electron chi connectivity index (χ4n) is 3.22. The van der Waals surface area contributed by atoms with E-state index in [1.165, 1.54) is 36.0 Å². The molecule has 9 heteroatoms. The third-order valence-electron chi connectivity index (χ3n) is 4.62. The normalized spacial score (nSPS) is 12.7. The van der Waals surface area contributed by atoms with Crippen molar-refractivity contribution in [1.29, 1.82) is 0 Å². The van der Waals surface area contributed by atoms with E-state index in [2.05, 4.69) is 4.98 Å². The highest BCUT2D eigenvalue weighted by atomic mass is 32.2. The Morgan fingerprint density at radius 2 is 1.68 bits per heavy atom. The van der Waals surface area contributed by atoms with Gasteiger partial charge in [0.15, 0.2) is 5.82 Å². The first kappa shape index (κ1) is 23.0. The summed E-state index contributed by atoms with van der Waals surface area (Å²) in [5, 5.41) is 0. The molecule has 1 atom stereocenters. The van der Waals surface area contributed by atoms with E-state index in [4.69, 9.17) is 4.74 Å². The zero-order chi connectivity index (χ0) is 22.8. The van der Waals surface area contributed by atoms with Gasteiger partial charge in [0.05, 0.1) is 11.4 Å². The number of imidazole rings is 1. The number of carbonyl (C=O) groups excluding carboxylic acids is 1. The molecule has 0 saturated carbocycles. The van der Waals surface area contributed by atoms with Crippen LogP contribution in [0.25, 0.3) is 22.5 Å². The molecule has 0 spiro atoms. The molecule has 0 fully saturated rings. The molecule has 31 heavy (non-hydrogen) atoms. The predicted molar refractivity (Wildman–Crippen MR) is 112 cm³/mol. The molecule has 1 unspecified atom stereocenters. The van der Waals surface area contributed by atoms with Crippen molar-refractivity contribution in [3.63, 3.8) is 0 Å². The number of hydrogen-bond donors (Lipinski definition) is 0. The highest BCUT2D eigenvalue weighted by Gasteiger charge is 2.44. The summed E-state index contributed by atoms with van der Waals surface area (Å²) in [4.78, 5) is 17.3. The highest BCUT2D eigenvalue weighted by Crippen LogP contribution is 2.37. The summed E-state index contributed by atoms with van der Waals surface area (Å²) in [7, 11) is 0. The zero-order valence-corrected chi connectivity index (χ0v) is 17.9. The van der Waals surface area contributed by atoms with Crippen molar-refractivity contribution >= 4 is 17.5 Å². The van der Waals surface area contributed by atoms with Crippen LogP contribution in [0.1, 0.15) is 30.7 Å². The number of carbonyl (C=O) groups is 1. The van der Waals surface area contributed by atoms with Crippen molar-refractivity contribution in [1.82, 2.24) is 9.55 Å². The van der Waals surface area contributed by atoms with Crippen LogP contribution in [0.3, 0.4) is 0 Å². The second kappa shape index (κ2) is 9.23.